The van der Waals surface area contributed by atoms with Gasteiger partial charge in [0.05, 0.1) is 25.2 Å². The van der Waals surface area contributed by atoms with Gasteiger partial charge in [0.15, 0.2) is 0 Å². The molecule has 7 heteroatoms. The van der Waals surface area contributed by atoms with Gasteiger partial charge in [0, 0.05) is 17.9 Å². The van der Waals surface area contributed by atoms with Crippen LogP contribution in [0, 0.1) is 18.3 Å². The highest BCUT2D eigenvalue weighted by molar-refractivity contribution is 7.83. The molecule has 0 aromatic carbocycles. The summed E-state index contributed by atoms with van der Waals surface area (Å²) in [5, 5.41) is 0. The first-order chi connectivity index (χ1) is 10.6. The summed E-state index contributed by atoms with van der Waals surface area (Å²) in [5.74, 6) is 0.321. The number of hydrogen-bond acceptors (Lipinski definition) is 5. The molecule has 2 fully saturated rings. The third-order valence-electron chi connectivity index (χ3n) is 4.14. The molecular formula is C15H16NO5S-. The lowest BCUT2D eigenvalue weighted by Crippen LogP contribution is -2.51. The van der Waals surface area contributed by atoms with Crippen LogP contribution in [0.5, 0.6) is 0 Å². The highest BCUT2D eigenvalue weighted by atomic mass is 32.2. The Labute approximate surface area is 131 Å². The molecule has 118 valence electrons. The summed E-state index contributed by atoms with van der Waals surface area (Å²) in [7, 11) is 0. The van der Waals surface area contributed by atoms with E-state index in [0.717, 1.165) is 0 Å². The van der Waals surface area contributed by atoms with Gasteiger partial charge in [0.25, 0.3) is 11.7 Å². The van der Waals surface area contributed by atoms with Crippen LogP contribution < -0.4 is 0 Å². The third kappa shape index (κ3) is 2.32. The lowest BCUT2D eigenvalue weighted by atomic mass is 9.90. The molecule has 0 saturated carbocycles. The van der Waals surface area contributed by atoms with Gasteiger partial charge in [-0.25, -0.2) is 0 Å². The smallest absolute Gasteiger partial charge is 0.284 e. The molecule has 0 N–H and O–H groups in total. The number of carbonyl (C=O) groups is 1. The van der Waals surface area contributed by atoms with E-state index in [2.05, 4.69) is 5.92 Å². The average molecular weight is 322 g/mol. The fourth-order valence-electron chi connectivity index (χ4n) is 3.17. The lowest BCUT2D eigenvalue weighted by molar-refractivity contribution is -0.262. The van der Waals surface area contributed by atoms with E-state index in [9.17, 15) is 13.6 Å². The molecule has 0 aromatic rings. The summed E-state index contributed by atoms with van der Waals surface area (Å²) in [4.78, 5) is 14.6. The van der Waals surface area contributed by atoms with Crippen molar-refractivity contribution in [2.24, 2.45) is 5.92 Å². The van der Waals surface area contributed by atoms with Crippen molar-refractivity contribution in [2.45, 2.75) is 24.7 Å². The van der Waals surface area contributed by atoms with Crippen LogP contribution in [0.4, 0.5) is 0 Å². The highest BCUT2D eigenvalue weighted by Crippen LogP contribution is 2.44. The van der Waals surface area contributed by atoms with Crippen LogP contribution in [0.25, 0.3) is 0 Å². The largest absolute Gasteiger partial charge is 0.768 e. The van der Waals surface area contributed by atoms with Crippen LogP contribution in [0.1, 0.15) is 12.8 Å². The first-order valence-electron chi connectivity index (χ1n) is 7.12. The second-order valence-corrected chi connectivity index (χ2v) is 6.29. The van der Waals surface area contributed by atoms with Gasteiger partial charge >= 0.3 is 0 Å². The van der Waals surface area contributed by atoms with Crippen LogP contribution >= 0.6 is 0 Å². The molecule has 2 saturated heterocycles. The van der Waals surface area contributed by atoms with Gasteiger partial charge in [-0.3, -0.25) is 9.00 Å². The van der Waals surface area contributed by atoms with E-state index >= 15 is 0 Å². The minimum absolute atomic E-state index is 0.144. The SMILES string of the molecule is C#CCCN1C(=O)C2(OCCCO2)C2C=C(S(=O)[O-])C=CC21. The molecule has 0 radical (unpaired) electrons. The molecule has 3 rings (SSSR count). The van der Waals surface area contributed by atoms with Gasteiger partial charge < -0.3 is 18.9 Å². The van der Waals surface area contributed by atoms with Crippen molar-refractivity contribution in [2.75, 3.05) is 19.8 Å². The number of allylic oxidation sites excluding steroid dienone is 1. The maximum absolute atomic E-state index is 12.8. The average Bonchev–Trinajstić information content (AvgIpc) is 2.75. The van der Waals surface area contributed by atoms with E-state index in [0.29, 0.717) is 32.6 Å². The number of hydrogen-bond donors (Lipinski definition) is 0. The maximum atomic E-state index is 12.8. The monoisotopic (exact) mass is 322 g/mol. The summed E-state index contributed by atoms with van der Waals surface area (Å²) in [6, 6.07) is -0.300. The molecule has 3 aliphatic rings. The van der Waals surface area contributed by atoms with Crippen LogP contribution in [0.2, 0.25) is 0 Å². The number of likely N-dealkylation sites (tertiary alicyclic amines) is 1. The van der Waals surface area contributed by atoms with Gasteiger partial charge in [-0.1, -0.05) is 12.2 Å². The van der Waals surface area contributed by atoms with Crippen molar-refractivity contribution in [3.05, 3.63) is 23.1 Å². The zero-order valence-corrected chi connectivity index (χ0v) is 12.7. The van der Waals surface area contributed by atoms with Crippen LogP contribution in [0.3, 0.4) is 0 Å². The summed E-state index contributed by atoms with van der Waals surface area (Å²) < 4.78 is 33.8. The Hall–Kier alpha value is -1.46. The van der Waals surface area contributed by atoms with Crippen molar-refractivity contribution in [1.29, 1.82) is 0 Å². The Morgan fingerprint density at radius 2 is 2.23 bits per heavy atom. The molecular weight excluding hydrogens is 306 g/mol. The first-order valence-corrected chi connectivity index (χ1v) is 8.19. The fourth-order valence-corrected chi connectivity index (χ4v) is 3.61. The summed E-state index contributed by atoms with van der Waals surface area (Å²) in [6.07, 6.45) is 11.2. The van der Waals surface area contributed by atoms with E-state index in [1.54, 1.807) is 17.1 Å². The molecule has 1 spiro atoms. The second kappa shape index (κ2) is 5.97. The Bertz CT molecular complexity index is 600. The number of carbonyl (C=O) groups excluding carboxylic acids is 1. The Morgan fingerprint density at radius 3 is 2.86 bits per heavy atom. The lowest BCUT2D eigenvalue weighted by Gasteiger charge is -2.36. The van der Waals surface area contributed by atoms with Gasteiger partial charge in [0.1, 0.15) is 0 Å². The van der Waals surface area contributed by atoms with Crippen LogP contribution in [-0.4, -0.2) is 51.2 Å². The van der Waals surface area contributed by atoms with Gasteiger partial charge in [-0.2, -0.15) is 0 Å². The molecule has 22 heavy (non-hydrogen) atoms. The fraction of sp³-hybridized carbons (Fsp3) is 0.533. The molecule has 1 amide bonds. The number of amides is 1. The van der Waals surface area contributed by atoms with Gasteiger partial charge in [0.2, 0.25) is 0 Å². The maximum Gasteiger partial charge on any atom is 0.284 e. The molecule has 3 unspecified atom stereocenters. The minimum Gasteiger partial charge on any atom is -0.768 e. The Morgan fingerprint density at radius 1 is 1.50 bits per heavy atom. The third-order valence-corrected chi connectivity index (χ3v) is 4.80. The number of rotatable bonds is 3. The van der Waals surface area contributed by atoms with E-state index in [1.165, 1.54) is 6.08 Å². The van der Waals surface area contributed by atoms with Gasteiger partial charge in [-0.05, 0) is 23.6 Å². The standard InChI is InChI=1S/C15H17NO5S/c1-2-3-7-16-13-6-5-11(22(18)19)10-12(13)15(14(16)17)20-8-4-9-21-15/h1,5-6,10,12-13H,3-4,7-9H2,(H,18,19)/p-1. The van der Waals surface area contributed by atoms with Crippen molar-refractivity contribution in [3.8, 4) is 12.3 Å². The zero-order chi connectivity index (χ0) is 15.7. The quantitative estimate of drug-likeness (QED) is 0.552. The predicted molar refractivity (Wildman–Crippen MR) is 77.8 cm³/mol. The molecule has 6 nitrogen and oxygen atoms in total. The molecule has 2 heterocycles. The highest BCUT2D eigenvalue weighted by Gasteiger charge is 2.61. The van der Waals surface area contributed by atoms with Crippen molar-refractivity contribution in [1.82, 2.24) is 4.90 Å². The number of ether oxygens (including phenoxy) is 2. The topological polar surface area (TPSA) is 78.9 Å². The van der Waals surface area contributed by atoms with Crippen LogP contribution in [-0.2, 0) is 25.3 Å². The Kier molecular flexibility index (Phi) is 4.19. The number of nitrogens with zero attached hydrogens (tertiary/aromatic N) is 1. The van der Waals surface area contributed by atoms with Crippen LogP contribution in [0.15, 0.2) is 23.1 Å². The molecule has 2 aliphatic heterocycles. The van der Waals surface area contributed by atoms with Gasteiger partial charge in [-0.15, -0.1) is 12.3 Å². The van der Waals surface area contributed by atoms with E-state index < -0.39 is 22.8 Å². The molecule has 3 atom stereocenters. The second-order valence-electron chi connectivity index (χ2n) is 5.35. The summed E-state index contributed by atoms with van der Waals surface area (Å²) in [6.45, 7) is 1.20. The molecule has 1 aliphatic carbocycles. The normalized spacial score (nSPS) is 30.8. The van der Waals surface area contributed by atoms with Crippen molar-refractivity contribution < 1.29 is 23.0 Å². The summed E-state index contributed by atoms with van der Waals surface area (Å²) in [5.41, 5.74) is 0. The zero-order valence-electron chi connectivity index (χ0n) is 11.9. The van der Waals surface area contributed by atoms with E-state index in [-0.39, 0.29) is 16.9 Å². The van der Waals surface area contributed by atoms with E-state index in [1.807, 2.05) is 0 Å². The van der Waals surface area contributed by atoms with Crippen molar-refractivity contribution >= 4 is 17.0 Å². The molecule has 0 bridgehead atoms. The number of fused-ring (bicyclic) bond motifs is 2. The predicted octanol–water partition coefficient (Wildman–Crippen LogP) is 0.303. The Balaban J connectivity index is 1.99. The number of terminal acetylenes is 1. The van der Waals surface area contributed by atoms with Crippen molar-refractivity contribution in [3.63, 3.8) is 0 Å². The first kappa shape index (κ1) is 15.4. The van der Waals surface area contributed by atoms with E-state index in [4.69, 9.17) is 15.9 Å². The molecule has 0 aromatic heterocycles. The summed E-state index contributed by atoms with van der Waals surface area (Å²) >= 11 is -2.36. The minimum atomic E-state index is -2.36.